The van der Waals surface area contributed by atoms with Gasteiger partial charge in [-0.1, -0.05) is 6.92 Å². The fourth-order valence-electron chi connectivity index (χ4n) is 2.92. The molecule has 0 bridgehead atoms. The predicted octanol–water partition coefficient (Wildman–Crippen LogP) is 0.953. The first-order valence-corrected chi connectivity index (χ1v) is 6.27. The summed E-state index contributed by atoms with van der Waals surface area (Å²) in [6.07, 6.45) is 2.56. The van der Waals surface area contributed by atoms with Crippen molar-refractivity contribution in [3.63, 3.8) is 0 Å². The van der Waals surface area contributed by atoms with E-state index in [1.807, 2.05) is 0 Å². The smallest absolute Gasteiger partial charge is 0.0507 e. The van der Waals surface area contributed by atoms with Gasteiger partial charge in [0.25, 0.3) is 0 Å². The van der Waals surface area contributed by atoms with Gasteiger partial charge in [-0.05, 0) is 38.3 Å². The van der Waals surface area contributed by atoms with Crippen LogP contribution in [0.2, 0.25) is 0 Å². The van der Waals surface area contributed by atoms with Crippen LogP contribution in [0.3, 0.4) is 0 Å². The molecule has 1 N–H and O–H groups in total. The van der Waals surface area contributed by atoms with E-state index in [0.29, 0.717) is 0 Å². The summed E-state index contributed by atoms with van der Waals surface area (Å²) < 4.78 is 5.43. The van der Waals surface area contributed by atoms with E-state index in [0.717, 1.165) is 31.1 Å². The Labute approximate surface area is 93.2 Å². The lowest BCUT2D eigenvalue weighted by molar-refractivity contribution is 0.121. The zero-order valence-electron chi connectivity index (χ0n) is 10.0. The molecule has 88 valence electrons. The molecule has 2 rings (SSSR count). The maximum atomic E-state index is 5.43. The average molecular weight is 212 g/mol. The topological polar surface area (TPSA) is 24.5 Å². The fraction of sp³-hybridized carbons (Fsp3) is 1.00. The molecule has 3 nitrogen and oxygen atoms in total. The molecule has 3 unspecified atom stereocenters. The highest BCUT2D eigenvalue weighted by Crippen LogP contribution is 2.20. The summed E-state index contributed by atoms with van der Waals surface area (Å²) in [5.41, 5.74) is 0. The lowest BCUT2D eigenvalue weighted by Crippen LogP contribution is -2.48. The van der Waals surface area contributed by atoms with Crippen LogP contribution in [-0.4, -0.2) is 50.8 Å². The molecule has 0 aromatic rings. The quantitative estimate of drug-likeness (QED) is 0.754. The van der Waals surface area contributed by atoms with E-state index in [4.69, 9.17) is 4.74 Å². The van der Waals surface area contributed by atoms with Crippen LogP contribution < -0.4 is 5.32 Å². The lowest BCUT2D eigenvalue weighted by Gasteiger charge is -2.37. The van der Waals surface area contributed by atoms with Gasteiger partial charge in [-0.2, -0.15) is 0 Å². The summed E-state index contributed by atoms with van der Waals surface area (Å²) in [7, 11) is 2.08. The average Bonchev–Trinajstić information content (AvgIpc) is 2.71. The first-order chi connectivity index (χ1) is 7.29. The Bertz CT molecular complexity index is 192. The SMILES string of the molecule is CNC1CCN(CC2CCOC2)CC1C. The minimum Gasteiger partial charge on any atom is -0.381 e. The number of ether oxygens (including phenoxy) is 1. The highest BCUT2D eigenvalue weighted by Gasteiger charge is 2.27. The normalized spacial score (nSPS) is 38.4. The van der Waals surface area contributed by atoms with Gasteiger partial charge in [-0.15, -0.1) is 0 Å². The van der Waals surface area contributed by atoms with Crippen molar-refractivity contribution in [2.45, 2.75) is 25.8 Å². The first kappa shape index (κ1) is 11.4. The third kappa shape index (κ3) is 2.92. The molecule has 0 amide bonds. The van der Waals surface area contributed by atoms with Crippen molar-refractivity contribution in [1.29, 1.82) is 0 Å². The molecule has 0 spiro atoms. The number of piperidine rings is 1. The second-order valence-electron chi connectivity index (χ2n) is 5.15. The molecule has 0 radical (unpaired) electrons. The number of rotatable bonds is 3. The monoisotopic (exact) mass is 212 g/mol. The van der Waals surface area contributed by atoms with Crippen LogP contribution in [-0.2, 0) is 4.74 Å². The molecular weight excluding hydrogens is 188 g/mol. The molecule has 0 aromatic carbocycles. The van der Waals surface area contributed by atoms with E-state index in [1.54, 1.807) is 0 Å². The second kappa shape index (κ2) is 5.28. The summed E-state index contributed by atoms with van der Waals surface area (Å²) in [5, 5.41) is 3.42. The minimum absolute atomic E-state index is 0.723. The minimum atomic E-state index is 0.723. The molecule has 0 aromatic heterocycles. The molecule has 15 heavy (non-hydrogen) atoms. The Kier molecular flexibility index (Phi) is 4.00. The van der Waals surface area contributed by atoms with Crippen LogP contribution in [0.1, 0.15) is 19.8 Å². The van der Waals surface area contributed by atoms with E-state index < -0.39 is 0 Å². The van der Waals surface area contributed by atoms with Crippen LogP contribution in [0.5, 0.6) is 0 Å². The fourth-order valence-corrected chi connectivity index (χ4v) is 2.92. The molecule has 2 fully saturated rings. The van der Waals surface area contributed by atoms with Gasteiger partial charge >= 0.3 is 0 Å². The molecule has 2 saturated heterocycles. The van der Waals surface area contributed by atoms with Crippen molar-refractivity contribution in [2.75, 3.05) is 39.9 Å². The molecule has 2 heterocycles. The van der Waals surface area contributed by atoms with Crippen LogP contribution in [0.4, 0.5) is 0 Å². The van der Waals surface area contributed by atoms with Gasteiger partial charge in [-0.25, -0.2) is 0 Å². The predicted molar refractivity (Wildman–Crippen MR) is 62.0 cm³/mol. The number of nitrogens with one attached hydrogen (secondary N) is 1. The second-order valence-corrected chi connectivity index (χ2v) is 5.15. The van der Waals surface area contributed by atoms with E-state index in [-0.39, 0.29) is 0 Å². The third-order valence-corrected chi connectivity index (χ3v) is 3.90. The van der Waals surface area contributed by atoms with Crippen molar-refractivity contribution in [3.05, 3.63) is 0 Å². The van der Waals surface area contributed by atoms with Gasteiger partial charge in [0, 0.05) is 25.7 Å². The summed E-state index contributed by atoms with van der Waals surface area (Å²) in [6.45, 7) is 8.08. The van der Waals surface area contributed by atoms with Crippen LogP contribution >= 0.6 is 0 Å². The van der Waals surface area contributed by atoms with E-state index >= 15 is 0 Å². The molecule has 3 atom stereocenters. The molecule has 3 heteroatoms. The van der Waals surface area contributed by atoms with Crippen molar-refractivity contribution in [2.24, 2.45) is 11.8 Å². The Morgan fingerprint density at radius 2 is 2.27 bits per heavy atom. The van der Waals surface area contributed by atoms with Gasteiger partial charge in [0.2, 0.25) is 0 Å². The number of hydrogen-bond acceptors (Lipinski definition) is 3. The molecule has 0 aliphatic carbocycles. The highest BCUT2D eigenvalue weighted by molar-refractivity contribution is 4.83. The van der Waals surface area contributed by atoms with E-state index in [1.165, 1.54) is 32.5 Å². The Balaban J connectivity index is 1.75. The lowest BCUT2D eigenvalue weighted by atomic mass is 9.93. The van der Waals surface area contributed by atoms with Gasteiger partial charge in [0.05, 0.1) is 6.61 Å². The zero-order chi connectivity index (χ0) is 10.7. The third-order valence-electron chi connectivity index (χ3n) is 3.90. The van der Waals surface area contributed by atoms with Crippen molar-refractivity contribution in [3.8, 4) is 0 Å². The summed E-state index contributed by atoms with van der Waals surface area (Å²) >= 11 is 0. The summed E-state index contributed by atoms with van der Waals surface area (Å²) in [6, 6.07) is 0.723. The van der Waals surface area contributed by atoms with Gasteiger partial charge < -0.3 is 15.0 Å². The van der Waals surface area contributed by atoms with Crippen molar-refractivity contribution < 1.29 is 4.74 Å². The van der Waals surface area contributed by atoms with Gasteiger partial charge in [0.15, 0.2) is 0 Å². The van der Waals surface area contributed by atoms with E-state index in [9.17, 15) is 0 Å². The van der Waals surface area contributed by atoms with Gasteiger partial charge in [-0.3, -0.25) is 0 Å². The summed E-state index contributed by atoms with van der Waals surface area (Å²) in [4.78, 5) is 2.62. The summed E-state index contributed by atoms with van der Waals surface area (Å²) in [5.74, 6) is 1.58. The Hall–Kier alpha value is -0.120. The standard InChI is InChI=1S/C12H24N2O/c1-10-7-14(5-3-12(10)13-2)8-11-4-6-15-9-11/h10-13H,3-9H2,1-2H3. The number of hydrogen-bond donors (Lipinski definition) is 1. The van der Waals surface area contributed by atoms with Crippen LogP contribution in [0.15, 0.2) is 0 Å². The van der Waals surface area contributed by atoms with Gasteiger partial charge in [0.1, 0.15) is 0 Å². The molecule has 2 aliphatic rings. The largest absolute Gasteiger partial charge is 0.381 e. The van der Waals surface area contributed by atoms with Crippen molar-refractivity contribution in [1.82, 2.24) is 10.2 Å². The maximum absolute atomic E-state index is 5.43. The first-order valence-electron chi connectivity index (χ1n) is 6.27. The van der Waals surface area contributed by atoms with Crippen LogP contribution in [0.25, 0.3) is 0 Å². The Morgan fingerprint density at radius 1 is 1.40 bits per heavy atom. The molecular formula is C12H24N2O. The number of likely N-dealkylation sites (tertiary alicyclic amines) is 1. The van der Waals surface area contributed by atoms with E-state index in [2.05, 4.69) is 24.2 Å². The number of nitrogens with zero attached hydrogens (tertiary/aromatic N) is 1. The maximum Gasteiger partial charge on any atom is 0.0507 e. The highest BCUT2D eigenvalue weighted by atomic mass is 16.5. The molecule has 0 saturated carbocycles. The van der Waals surface area contributed by atoms with Crippen LogP contribution in [0, 0.1) is 11.8 Å². The Morgan fingerprint density at radius 3 is 2.87 bits per heavy atom. The van der Waals surface area contributed by atoms with Crippen molar-refractivity contribution >= 4 is 0 Å². The zero-order valence-corrected chi connectivity index (χ0v) is 10.0. The molecule has 2 aliphatic heterocycles.